The lowest BCUT2D eigenvalue weighted by Gasteiger charge is -2.13. The summed E-state index contributed by atoms with van der Waals surface area (Å²) in [5.74, 6) is 0.970. The lowest BCUT2D eigenvalue weighted by molar-refractivity contribution is 0.361. The molecular weight excluding hydrogens is 235 g/mol. The second kappa shape index (κ2) is 5.18. The van der Waals surface area contributed by atoms with E-state index in [2.05, 4.69) is 5.43 Å². The molecule has 0 atom stereocenters. The molecule has 0 amide bonds. The number of hydrogen-bond acceptors (Lipinski definition) is 4. The van der Waals surface area contributed by atoms with Gasteiger partial charge in [0.05, 0.1) is 19.9 Å². The Morgan fingerprint density at radius 3 is 2.44 bits per heavy atom. The first-order chi connectivity index (χ1) is 7.46. The highest BCUT2D eigenvalue weighted by molar-refractivity contribution is 7.49. The number of rotatable bonds is 5. The van der Waals surface area contributed by atoms with E-state index in [1.165, 1.54) is 14.2 Å². The maximum absolute atomic E-state index is 10.6. The minimum Gasteiger partial charge on any atom is -0.497 e. The highest BCUT2D eigenvalue weighted by Crippen LogP contribution is 2.32. The van der Waals surface area contributed by atoms with E-state index < -0.39 is 7.75 Å². The van der Waals surface area contributed by atoms with E-state index in [9.17, 15) is 4.57 Å². The zero-order valence-electron chi connectivity index (χ0n) is 8.80. The Kier molecular flexibility index (Phi) is 4.14. The normalized spacial score (nSPS) is 11.0. The summed E-state index contributed by atoms with van der Waals surface area (Å²) in [6.45, 7) is 0. The maximum atomic E-state index is 10.6. The standard InChI is InChI=1S/C8H13N2O5P/c1-14-6-3-4-8(15-2)7(5-6)9-10-16(11,12)13/h3-5,9H,1-2H3,(H3,10,11,12,13). The molecule has 0 heterocycles. The van der Waals surface area contributed by atoms with E-state index >= 15 is 0 Å². The largest absolute Gasteiger partial charge is 0.497 e. The van der Waals surface area contributed by atoms with Gasteiger partial charge < -0.3 is 24.7 Å². The highest BCUT2D eigenvalue weighted by Gasteiger charge is 2.13. The Morgan fingerprint density at radius 2 is 1.94 bits per heavy atom. The van der Waals surface area contributed by atoms with Crippen molar-refractivity contribution in [1.82, 2.24) is 5.20 Å². The first-order valence-electron chi connectivity index (χ1n) is 4.27. The molecule has 1 aromatic carbocycles. The van der Waals surface area contributed by atoms with Gasteiger partial charge in [-0.2, -0.15) is 0 Å². The third-order valence-electron chi connectivity index (χ3n) is 1.74. The molecule has 0 saturated heterocycles. The third kappa shape index (κ3) is 3.71. The number of methoxy groups -OCH3 is 2. The summed E-state index contributed by atoms with van der Waals surface area (Å²) >= 11 is 0. The molecular formula is C8H13N2O5P. The average Bonchev–Trinajstić information content (AvgIpc) is 2.25. The molecule has 7 nitrogen and oxygen atoms in total. The fraction of sp³-hybridized carbons (Fsp3) is 0.250. The van der Waals surface area contributed by atoms with Crippen LogP contribution >= 0.6 is 7.75 Å². The predicted molar refractivity (Wildman–Crippen MR) is 58.3 cm³/mol. The van der Waals surface area contributed by atoms with Crippen LogP contribution in [0.2, 0.25) is 0 Å². The molecule has 0 radical (unpaired) electrons. The van der Waals surface area contributed by atoms with Gasteiger partial charge in [-0.3, -0.25) is 0 Å². The molecule has 0 spiro atoms. The summed E-state index contributed by atoms with van der Waals surface area (Å²) in [4.78, 5) is 17.3. The Morgan fingerprint density at radius 1 is 1.25 bits per heavy atom. The van der Waals surface area contributed by atoms with Crippen molar-refractivity contribution in [1.29, 1.82) is 0 Å². The number of hydrogen-bond donors (Lipinski definition) is 4. The molecule has 16 heavy (non-hydrogen) atoms. The summed E-state index contributed by atoms with van der Waals surface area (Å²) in [5.41, 5.74) is 2.73. The first-order valence-corrected chi connectivity index (χ1v) is 5.88. The van der Waals surface area contributed by atoms with Crippen LogP contribution in [0.3, 0.4) is 0 Å². The summed E-state index contributed by atoms with van der Waals surface area (Å²) in [6, 6.07) is 4.82. The molecule has 0 saturated carbocycles. The lowest BCUT2D eigenvalue weighted by atomic mass is 10.3. The van der Waals surface area contributed by atoms with Crippen LogP contribution in [0.4, 0.5) is 5.69 Å². The van der Waals surface area contributed by atoms with Crippen molar-refractivity contribution in [3.8, 4) is 11.5 Å². The molecule has 90 valence electrons. The van der Waals surface area contributed by atoms with Crippen LogP contribution in [-0.2, 0) is 4.57 Å². The second-order valence-electron chi connectivity index (χ2n) is 2.85. The summed E-state index contributed by atoms with van der Waals surface area (Å²) in [7, 11) is -1.41. The zero-order chi connectivity index (χ0) is 12.2. The molecule has 0 fully saturated rings. The average molecular weight is 248 g/mol. The number of nitrogens with one attached hydrogen (secondary N) is 2. The van der Waals surface area contributed by atoms with Gasteiger partial charge in [-0.25, -0.2) is 4.57 Å². The molecule has 1 aromatic rings. The molecule has 0 aromatic heterocycles. The smallest absolute Gasteiger partial charge is 0.417 e. The van der Waals surface area contributed by atoms with Crippen molar-refractivity contribution in [2.45, 2.75) is 0 Å². The van der Waals surface area contributed by atoms with Crippen molar-refractivity contribution in [2.24, 2.45) is 0 Å². The van der Waals surface area contributed by atoms with Crippen molar-refractivity contribution in [3.05, 3.63) is 18.2 Å². The lowest BCUT2D eigenvalue weighted by Crippen LogP contribution is -2.18. The van der Waals surface area contributed by atoms with Gasteiger partial charge in [0.1, 0.15) is 11.5 Å². The molecule has 1 rings (SSSR count). The molecule has 0 bridgehead atoms. The van der Waals surface area contributed by atoms with Crippen LogP contribution < -0.4 is 20.1 Å². The van der Waals surface area contributed by atoms with Crippen molar-refractivity contribution in [3.63, 3.8) is 0 Å². The van der Waals surface area contributed by atoms with Crippen LogP contribution in [0.15, 0.2) is 18.2 Å². The second-order valence-corrected chi connectivity index (χ2v) is 4.16. The van der Waals surface area contributed by atoms with Crippen LogP contribution in [0.25, 0.3) is 0 Å². The van der Waals surface area contributed by atoms with Gasteiger partial charge in [-0.15, -0.1) is 5.20 Å². The van der Waals surface area contributed by atoms with Gasteiger partial charge in [0.2, 0.25) is 0 Å². The highest BCUT2D eigenvalue weighted by atomic mass is 31.2. The maximum Gasteiger partial charge on any atom is 0.417 e. The molecule has 0 aliphatic carbocycles. The van der Waals surface area contributed by atoms with Crippen LogP contribution in [0.1, 0.15) is 0 Å². The number of anilines is 1. The minimum atomic E-state index is -4.34. The molecule has 4 N–H and O–H groups in total. The fourth-order valence-electron chi connectivity index (χ4n) is 1.04. The first kappa shape index (κ1) is 12.8. The van der Waals surface area contributed by atoms with E-state index in [0.29, 0.717) is 17.2 Å². The SMILES string of the molecule is COc1ccc(OC)c(NNP(=O)(O)O)c1. The Hall–Kier alpha value is -1.27. The topological polar surface area (TPSA) is 100 Å². The van der Waals surface area contributed by atoms with Gasteiger partial charge in [-0.1, -0.05) is 0 Å². The van der Waals surface area contributed by atoms with E-state index in [0.717, 1.165) is 0 Å². The Bertz CT molecular complexity index is 405. The van der Waals surface area contributed by atoms with Crippen LogP contribution in [-0.4, -0.2) is 24.0 Å². The van der Waals surface area contributed by atoms with Crippen LogP contribution in [0, 0.1) is 0 Å². The number of benzene rings is 1. The fourth-order valence-corrected chi connectivity index (χ4v) is 1.31. The van der Waals surface area contributed by atoms with Gasteiger partial charge in [0, 0.05) is 6.07 Å². The predicted octanol–water partition coefficient (Wildman–Crippen LogP) is 0.713. The summed E-state index contributed by atoms with van der Waals surface area (Å²) < 4.78 is 20.6. The van der Waals surface area contributed by atoms with Crippen molar-refractivity contribution in [2.75, 3.05) is 19.6 Å². The summed E-state index contributed by atoms with van der Waals surface area (Å²) in [6.07, 6.45) is 0. The monoisotopic (exact) mass is 248 g/mol. The summed E-state index contributed by atoms with van der Waals surface area (Å²) in [5, 5.41) is 1.85. The van der Waals surface area contributed by atoms with E-state index in [4.69, 9.17) is 19.3 Å². The molecule has 8 heteroatoms. The van der Waals surface area contributed by atoms with Gasteiger partial charge >= 0.3 is 7.75 Å². The van der Waals surface area contributed by atoms with Gasteiger partial charge in [0.15, 0.2) is 0 Å². The number of hydrazine groups is 1. The van der Waals surface area contributed by atoms with Gasteiger partial charge in [-0.05, 0) is 12.1 Å². The zero-order valence-corrected chi connectivity index (χ0v) is 9.69. The van der Waals surface area contributed by atoms with Crippen molar-refractivity contribution < 1.29 is 23.8 Å². The quantitative estimate of drug-likeness (QED) is 0.450. The van der Waals surface area contributed by atoms with Crippen LogP contribution in [0.5, 0.6) is 11.5 Å². The minimum absolute atomic E-state index is 0.366. The molecule has 0 aliphatic heterocycles. The Balaban J connectivity index is 2.87. The van der Waals surface area contributed by atoms with Crippen molar-refractivity contribution >= 4 is 13.4 Å². The van der Waals surface area contributed by atoms with E-state index in [1.54, 1.807) is 18.2 Å². The number of ether oxygens (including phenoxy) is 2. The van der Waals surface area contributed by atoms with Gasteiger partial charge in [0.25, 0.3) is 0 Å². The third-order valence-corrected chi connectivity index (χ3v) is 2.15. The molecule has 0 aliphatic rings. The molecule has 0 unspecified atom stereocenters. The van der Waals surface area contributed by atoms with E-state index in [1.807, 2.05) is 5.20 Å². The Labute approximate surface area is 92.6 Å². The van der Waals surface area contributed by atoms with E-state index in [-0.39, 0.29) is 0 Å².